The first-order valence-corrected chi connectivity index (χ1v) is 5.05. The molecule has 80 valence electrons. The summed E-state index contributed by atoms with van der Waals surface area (Å²) in [5.41, 5.74) is 1.07. The van der Waals surface area contributed by atoms with E-state index in [1.165, 1.54) is 0 Å². The summed E-state index contributed by atoms with van der Waals surface area (Å²) >= 11 is 0. The molecule has 0 spiro atoms. The average molecular weight is 206 g/mol. The van der Waals surface area contributed by atoms with Crippen LogP contribution in [-0.4, -0.2) is 36.0 Å². The second kappa shape index (κ2) is 3.98. The molecule has 0 saturated carbocycles. The first-order valence-electron chi connectivity index (χ1n) is 5.05. The summed E-state index contributed by atoms with van der Waals surface area (Å²) in [4.78, 5) is 12.8. The quantitative estimate of drug-likeness (QED) is 0.542. The van der Waals surface area contributed by atoms with Crippen molar-refractivity contribution in [2.75, 3.05) is 20.1 Å². The molecule has 2 unspecified atom stereocenters. The molecule has 1 saturated heterocycles. The number of nitro groups is 1. The van der Waals surface area contributed by atoms with Gasteiger partial charge >= 0.3 is 0 Å². The van der Waals surface area contributed by atoms with Crippen molar-refractivity contribution < 1.29 is 4.92 Å². The second-order valence-electron chi connectivity index (χ2n) is 4.09. The van der Waals surface area contributed by atoms with Gasteiger partial charge in [0.15, 0.2) is 0 Å². The molecule has 0 amide bonds. The lowest BCUT2D eigenvalue weighted by molar-refractivity contribution is -0.521. The fourth-order valence-electron chi connectivity index (χ4n) is 2.22. The maximum Gasteiger partial charge on any atom is 0.233 e. The van der Waals surface area contributed by atoms with Gasteiger partial charge in [-0.3, -0.25) is 15.0 Å². The van der Waals surface area contributed by atoms with Crippen LogP contribution in [0.2, 0.25) is 0 Å². The second-order valence-corrected chi connectivity index (χ2v) is 4.09. The third kappa shape index (κ3) is 1.99. The summed E-state index contributed by atoms with van der Waals surface area (Å²) in [5.74, 6) is 0.0335. The van der Waals surface area contributed by atoms with Crippen LogP contribution in [0.3, 0.4) is 0 Å². The SMILES string of the molecule is CN1CC(c2ccccc2)C([N+](=O)[O-])C1. The first-order chi connectivity index (χ1) is 7.18. The Morgan fingerprint density at radius 1 is 1.33 bits per heavy atom. The summed E-state index contributed by atoms with van der Waals surface area (Å²) in [7, 11) is 1.93. The highest BCUT2D eigenvalue weighted by atomic mass is 16.6. The molecule has 0 aromatic heterocycles. The molecule has 2 atom stereocenters. The van der Waals surface area contributed by atoms with Crippen LogP contribution < -0.4 is 0 Å². The smallest absolute Gasteiger partial charge is 0.233 e. The Hall–Kier alpha value is -1.42. The molecule has 0 aliphatic carbocycles. The number of hydrogen-bond donors (Lipinski definition) is 0. The molecule has 1 aliphatic rings. The van der Waals surface area contributed by atoms with Crippen LogP contribution in [0, 0.1) is 10.1 Å². The standard InChI is InChI=1S/C11H14N2O2/c1-12-7-10(11(8-12)13(14)15)9-5-3-2-4-6-9/h2-6,10-11H,7-8H2,1H3. The maximum atomic E-state index is 10.9. The van der Waals surface area contributed by atoms with E-state index in [9.17, 15) is 10.1 Å². The lowest BCUT2D eigenvalue weighted by atomic mass is 9.95. The van der Waals surface area contributed by atoms with Gasteiger partial charge in [0.05, 0.1) is 12.5 Å². The molecule has 0 bridgehead atoms. The number of rotatable bonds is 2. The molecule has 0 N–H and O–H groups in total. The van der Waals surface area contributed by atoms with E-state index >= 15 is 0 Å². The van der Waals surface area contributed by atoms with Crippen LogP contribution in [-0.2, 0) is 0 Å². The van der Waals surface area contributed by atoms with Crippen molar-refractivity contribution >= 4 is 0 Å². The molecule has 15 heavy (non-hydrogen) atoms. The molecule has 4 nitrogen and oxygen atoms in total. The summed E-state index contributed by atoms with van der Waals surface area (Å²) in [6.45, 7) is 1.32. The van der Waals surface area contributed by atoms with Gasteiger partial charge in [0.2, 0.25) is 6.04 Å². The zero-order valence-electron chi connectivity index (χ0n) is 8.67. The minimum atomic E-state index is -0.461. The third-order valence-electron chi connectivity index (χ3n) is 2.97. The van der Waals surface area contributed by atoms with E-state index in [0.717, 1.165) is 12.1 Å². The van der Waals surface area contributed by atoms with Crippen molar-refractivity contribution in [3.63, 3.8) is 0 Å². The van der Waals surface area contributed by atoms with Gasteiger partial charge in [-0.2, -0.15) is 0 Å². The minimum Gasteiger partial charge on any atom is -0.299 e. The highest BCUT2D eigenvalue weighted by Crippen LogP contribution is 2.28. The summed E-state index contributed by atoms with van der Waals surface area (Å²) in [6.07, 6.45) is 0. The molecule has 2 rings (SSSR count). The van der Waals surface area contributed by atoms with Crippen LogP contribution in [0.15, 0.2) is 30.3 Å². The van der Waals surface area contributed by atoms with E-state index in [2.05, 4.69) is 0 Å². The van der Waals surface area contributed by atoms with E-state index in [1.807, 2.05) is 42.3 Å². The Morgan fingerprint density at radius 3 is 2.60 bits per heavy atom. The minimum absolute atomic E-state index is 0.0335. The number of likely N-dealkylation sites (N-methyl/N-ethyl adjacent to an activating group) is 1. The predicted molar refractivity (Wildman–Crippen MR) is 57.5 cm³/mol. The van der Waals surface area contributed by atoms with Gasteiger partial charge in [-0.1, -0.05) is 30.3 Å². The molecule has 4 heteroatoms. The molecule has 1 heterocycles. The third-order valence-corrected chi connectivity index (χ3v) is 2.97. The molecular formula is C11H14N2O2. The molecule has 1 fully saturated rings. The summed E-state index contributed by atoms with van der Waals surface area (Å²) in [6, 6.07) is 9.29. The van der Waals surface area contributed by atoms with Gasteiger partial charge < -0.3 is 0 Å². The Balaban J connectivity index is 2.24. The van der Waals surface area contributed by atoms with Crippen molar-refractivity contribution in [2.24, 2.45) is 0 Å². The van der Waals surface area contributed by atoms with Gasteiger partial charge in [0.25, 0.3) is 0 Å². The molecule has 1 aliphatic heterocycles. The topological polar surface area (TPSA) is 46.4 Å². The van der Waals surface area contributed by atoms with Crippen LogP contribution in [0.25, 0.3) is 0 Å². The van der Waals surface area contributed by atoms with Gasteiger partial charge in [-0.15, -0.1) is 0 Å². The molecule has 1 aromatic rings. The Kier molecular flexibility index (Phi) is 2.68. The van der Waals surface area contributed by atoms with Crippen molar-refractivity contribution in [3.8, 4) is 0 Å². The van der Waals surface area contributed by atoms with Crippen LogP contribution >= 0.6 is 0 Å². The fraction of sp³-hybridized carbons (Fsp3) is 0.455. The van der Waals surface area contributed by atoms with Crippen molar-refractivity contribution in [1.29, 1.82) is 0 Å². The van der Waals surface area contributed by atoms with Crippen LogP contribution in [0.4, 0.5) is 0 Å². The van der Waals surface area contributed by atoms with E-state index in [1.54, 1.807) is 0 Å². The summed E-state index contributed by atoms with van der Waals surface area (Å²) in [5, 5.41) is 10.9. The van der Waals surface area contributed by atoms with E-state index in [0.29, 0.717) is 6.54 Å². The Bertz CT molecular complexity index is 353. The Morgan fingerprint density at radius 2 is 2.00 bits per heavy atom. The fourth-order valence-corrected chi connectivity index (χ4v) is 2.22. The Labute approximate surface area is 88.7 Å². The number of benzene rings is 1. The van der Waals surface area contributed by atoms with Crippen LogP contribution in [0.5, 0.6) is 0 Å². The average Bonchev–Trinajstić information content (AvgIpc) is 2.62. The zero-order chi connectivity index (χ0) is 10.8. The number of hydrogen-bond acceptors (Lipinski definition) is 3. The number of nitrogens with zero attached hydrogens (tertiary/aromatic N) is 2. The van der Waals surface area contributed by atoms with Gasteiger partial charge in [0.1, 0.15) is 0 Å². The molecule has 0 radical (unpaired) electrons. The van der Waals surface area contributed by atoms with Crippen molar-refractivity contribution in [1.82, 2.24) is 4.90 Å². The van der Waals surface area contributed by atoms with Crippen LogP contribution in [0.1, 0.15) is 11.5 Å². The predicted octanol–water partition coefficient (Wildman–Crippen LogP) is 1.36. The van der Waals surface area contributed by atoms with E-state index in [-0.39, 0.29) is 10.8 Å². The lowest BCUT2D eigenvalue weighted by Crippen LogP contribution is -2.27. The van der Waals surface area contributed by atoms with Crippen molar-refractivity contribution in [2.45, 2.75) is 12.0 Å². The monoisotopic (exact) mass is 206 g/mol. The number of likely N-dealkylation sites (tertiary alicyclic amines) is 1. The van der Waals surface area contributed by atoms with E-state index in [4.69, 9.17) is 0 Å². The lowest BCUT2D eigenvalue weighted by Gasteiger charge is -2.11. The van der Waals surface area contributed by atoms with Gasteiger partial charge in [-0.05, 0) is 12.6 Å². The summed E-state index contributed by atoms with van der Waals surface area (Å²) < 4.78 is 0. The van der Waals surface area contributed by atoms with Gasteiger partial charge in [0, 0.05) is 11.5 Å². The normalized spacial score (nSPS) is 26.7. The zero-order valence-corrected chi connectivity index (χ0v) is 8.67. The molecular weight excluding hydrogens is 192 g/mol. The van der Waals surface area contributed by atoms with Crippen molar-refractivity contribution in [3.05, 3.63) is 46.0 Å². The van der Waals surface area contributed by atoms with Gasteiger partial charge in [-0.25, -0.2) is 0 Å². The maximum absolute atomic E-state index is 10.9. The largest absolute Gasteiger partial charge is 0.299 e. The first kappa shape index (κ1) is 10.1. The highest BCUT2D eigenvalue weighted by Gasteiger charge is 2.40. The highest BCUT2D eigenvalue weighted by molar-refractivity contribution is 5.22. The molecule has 1 aromatic carbocycles. The van der Waals surface area contributed by atoms with E-state index < -0.39 is 6.04 Å².